The van der Waals surface area contributed by atoms with Crippen LogP contribution in [0.3, 0.4) is 0 Å². The number of nitrogens with zero attached hydrogens (tertiary/aromatic N) is 2. The number of hydrogen-bond acceptors (Lipinski definition) is 4. The molecule has 6 nitrogen and oxygen atoms in total. The minimum Gasteiger partial charge on any atom is -0.292 e. The number of hydrazine groups is 1. The Labute approximate surface area is 198 Å². The Morgan fingerprint density at radius 1 is 1.06 bits per heavy atom. The molecular formula is C24H20BrClN2O4. The molecule has 1 fully saturated rings. The second-order valence-electron chi connectivity index (χ2n) is 7.96. The average Bonchev–Trinajstić information content (AvgIpc) is 3.01. The first-order valence-electron chi connectivity index (χ1n) is 10.2. The molecule has 0 bridgehead atoms. The summed E-state index contributed by atoms with van der Waals surface area (Å²) < 4.78 is 0.801. The van der Waals surface area contributed by atoms with Gasteiger partial charge in [-0.2, -0.15) is 5.01 Å². The van der Waals surface area contributed by atoms with Crippen LogP contribution < -0.4 is 0 Å². The number of carbonyl (C=O) groups excluding carboxylic acids is 4. The molecule has 1 aliphatic heterocycles. The van der Waals surface area contributed by atoms with Crippen molar-refractivity contribution < 1.29 is 19.2 Å². The molecule has 0 aromatic heterocycles. The molecule has 8 heteroatoms. The van der Waals surface area contributed by atoms with Crippen LogP contribution in [0.1, 0.15) is 40.5 Å². The molecule has 1 aliphatic carbocycles. The van der Waals surface area contributed by atoms with E-state index in [0.717, 1.165) is 20.1 Å². The van der Waals surface area contributed by atoms with E-state index in [9.17, 15) is 19.2 Å². The van der Waals surface area contributed by atoms with Gasteiger partial charge >= 0.3 is 0 Å². The highest BCUT2D eigenvalue weighted by Gasteiger charge is 2.51. The first kappa shape index (κ1) is 22.4. The van der Waals surface area contributed by atoms with Gasteiger partial charge in [-0.05, 0) is 44.0 Å². The SMILES string of the molecule is CC1=CC[C@@H]2C(=O)N(N(CC(=O)c3ccc(Br)cc3)C(=O)c3ccccc3Cl)C(=O)[C@H]2C1. The summed E-state index contributed by atoms with van der Waals surface area (Å²) in [4.78, 5) is 52.9. The highest BCUT2D eigenvalue weighted by atomic mass is 79.9. The average molecular weight is 516 g/mol. The van der Waals surface area contributed by atoms with E-state index >= 15 is 0 Å². The summed E-state index contributed by atoms with van der Waals surface area (Å²) in [5.74, 6) is -3.06. The van der Waals surface area contributed by atoms with E-state index in [1.54, 1.807) is 42.5 Å². The monoisotopic (exact) mass is 514 g/mol. The summed E-state index contributed by atoms with van der Waals surface area (Å²) in [6.07, 6.45) is 2.84. The molecule has 1 saturated heterocycles. The van der Waals surface area contributed by atoms with Gasteiger partial charge in [0.25, 0.3) is 17.7 Å². The molecule has 0 radical (unpaired) electrons. The lowest BCUT2D eigenvalue weighted by Crippen LogP contribution is -2.52. The standard InChI is InChI=1S/C24H20BrClN2O4/c1-14-6-11-17-19(12-14)24(32)28(23(17)31)27(22(30)18-4-2-3-5-20(18)26)13-21(29)15-7-9-16(25)10-8-15/h2-10,17,19H,11-13H2,1H3/t17-,19-/m0/s1. The fourth-order valence-electron chi connectivity index (χ4n) is 4.13. The van der Waals surface area contributed by atoms with Gasteiger partial charge in [0.2, 0.25) is 0 Å². The quantitative estimate of drug-likeness (QED) is 0.329. The summed E-state index contributed by atoms with van der Waals surface area (Å²) in [5.41, 5.74) is 1.51. The Hall–Kier alpha value is -2.77. The molecule has 4 rings (SSSR count). The maximum absolute atomic E-state index is 13.5. The van der Waals surface area contributed by atoms with Crippen LogP contribution in [0.2, 0.25) is 5.02 Å². The molecule has 0 saturated carbocycles. The first-order valence-corrected chi connectivity index (χ1v) is 11.3. The van der Waals surface area contributed by atoms with Crippen LogP contribution in [0, 0.1) is 11.8 Å². The number of benzene rings is 2. The second-order valence-corrected chi connectivity index (χ2v) is 9.29. The maximum Gasteiger partial charge on any atom is 0.274 e. The number of imide groups is 1. The molecule has 0 unspecified atom stereocenters. The number of carbonyl (C=O) groups is 4. The minimum atomic E-state index is -0.675. The molecule has 0 N–H and O–H groups in total. The molecule has 1 heterocycles. The van der Waals surface area contributed by atoms with Gasteiger partial charge in [-0.15, -0.1) is 0 Å². The Morgan fingerprint density at radius 2 is 1.72 bits per heavy atom. The number of fused-ring (bicyclic) bond motifs is 1. The van der Waals surface area contributed by atoms with E-state index in [0.29, 0.717) is 18.4 Å². The van der Waals surface area contributed by atoms with Gasteiger partial charge in [0.1, 0.15) is 6.54 Å². The maximum atomic E-state index is 13.5. The van der Waals surface area contributed by atoms with Crippen molar-refractivity contribution >= 4 is 51.0 Å². The smallest absolute Gasteiger partial charge is 0.274 e. The number of hydrogen-bond donors (Lipinski definition) is 0. The zero-order chi connectivity index (χ0) is 23.0. The van der Waals surface area contributed by atoms with Crippen LogP contribution in [0.5, 0.6) is 0 Å². The van der Waals surface area contributed by atoms with Crippen molar-refractivity contribution in [3.63, 3.8) is 0 Å². The van der Waals surface area contributed by atoms with Gasteiger partial charge in [-0.3, -0.25) is 19.2 Å². The Bertz CT molecular complexity index is 1140. The van der Waals surface area contributed by atoms with E-state index in [1.165, 1.54) is 6.07 Å². The van der Waals surface area contributed by atoms with Crippen LogP contribution >= 0.6 is 27.5 Å². The molecule has 2 aliphatic rings. The van der Waals surface area contributed by atoms with E-state index in [1.807, 2.05) is 13.0 Å². The third-order valence-corrected chi connectivity index (χ3v) is 6.70. The summed E-state index contributed by atoms with van der Waals surface area (Å²) >= 11 is 9.54. The normalized spacial score (nSPS) is 20.1. The highest BCUT2D eigenvalue weighted by Crippen LogP contribution is 2.38. The molecule has 3 amide bonds. The number of Topliss-reactive ketones (excluding diaryl/α,β-unsaturated/α-hetero) is 1. The second kappa shape index (κ2) is 9.00. The molecule has 2 aromatic rings. The van der Waals surface area contributed by atoms with E-state index in [2.05, 4.69) is 15.9 Å². The molecule has 32 heavy (non-hydrogen) atoms. The van der Waals surface area contributed by atoms with Crippen molar-refractivity contribution in [2.75, 3.05) is 6.54 Å². The Morgan fingerprint density at radius 3 is 2.41 bits per heavy atom. The van der Waals surface area contributed by atoms with Crippen molar-refractivity contribution in [3.8, 4) is 0 Å². The van der Waals surface area contributed by atoms with Crippen LogP contribution in [0.4, 0.5) is 0 Å². The van der Waals surface area contributed by atoms with E-state index in [4.69, 9.17) is 11.6 Å². The largest absolute Gasteiger partial charge is 0.292 e. The first-order chi connectivity index (χ1) is 15.3. The van der Waals surface area contributed by atoms with Crippen LogP contribution in [-0.4, -0.2) is 40.1 Å². The molecule has 0 spiro atoms. The van der Waals surface area contributed by atoms with Crippen molar-refractivity contribution in [1.29, 1.82) is 0 Å². The van der Waals surface area contributed by atoms with Gasteiger partial charge < -0.3 is 0 Å². The molecule has 2 aromatic carbocycles. The van der Waals surface area contributed by atoms with Gasteiger partial charge in [0.05, 0.1) is 22.4 Å². The summed E-state index contributed by atoms with van der Waals surface area (Å²) in [6.45, 7) is 1.45. The zero-order valence-corrected chi connectivity index (χ0v) is 19.6. The predicted octanol–water partition coefficient (Wildman–Crippen LogP) is 4.68. The Kier molecular flexibility index (Phi) is 6.31. The fraction of sp³-hybridized carbons (Fsp3) is 0.250. The highest BCUT2D eigenvalue weighted by molar-refractivity contribution is 9.10. The molecule has 164 valence electrons. The summed E-state index contributed by atoms with van der Waals surface area (Å²) in [6, 6.07) is 13.0. The van der Waals surface area contributed by atoms with Gasteiger partial charge in [0, 0.05) is 10.0 Å². The van der Waals surface area contributed by atoms with Crippen LogP contribution in [0.25, 0.3) is 0 Å². The molecular weight excluding hydrogens is 496 g/mol. The van der Waals surface area contributed by atoms with Gasteiger partial charge in [-0.1, -0.05) is 63.4 Å². The summed E-state index contributed by atoms with van der Waals surface area (Å²) in [7, 11) is 0. The number of allylic oxidation sites excluding steroid dienone is 2. The third kappa shape index (κ3) is 4.14. The van der Waals surface area contributed by atoms with Gasteiger partial charge in [-0.25, -0.2) is 5.01 Å². The van der Waals surface area contributed by atoms with Crippen molar-refractivity contribution in [3.05, 3.63) is 80.8 Å². The van der Waals surface area contributed by atoms with Crippen molar-refractivity contribution in [2.24, 2.45) is 11.8 Å². The van der Waals surface area contributed by atoms with E-state index in [-0.39, 0.29) is 10.6 Å². The molecule has 2 atom stereocenters. The summed E-state index contributed by atoms with van der Waals surface area (Å²) in [5, 5.41) is 1.99. The van der Waals surface area contributed by atoms with Crippen molar-refractivity contribution in [2.45, 2.75) is 19.8 Å². The Balaban J connectivity index is 1.71. The number of rotatable bonds is 5. The third-order valence-electron chi connectivity index (χ3n) is 5.84. The lowest BCUT2D eigenvalue weighted by molar-refractivity contribution is -0.154. The topological polar surface area (TPSA) is 74.8 Å². The van der Waals surface area contributed by atoms with Crippen LogP contribution in [-0.2, 0) is 9.59 Å². The fourth-order valence-corrected chi connectivity index (χ4v) is 4.61. The lowest BCUT2D eigenvalue weighted by atomic mass is 9.82. The number of ketones is 1. The predicted molar refractivity (Wildman–Crippen MR) is 123 cm³/mol. The van der Waals surface area contributed by atoms with Gasteiger partial charge in [0.15, 0.2) is 5.78 Å². The van der Waals surface area contributed by atoms with Crippen LogP contribution in [0.15, 0.2) is 64.7 Å². The minimum absolute atomic E-state index is 0.113. The lowest BCUT2D eigenvalue weighted by Gasteiger charge is -2.30. The number of amides is 3. The zero-order valence-electron chi connectivity index (χ0n) is 17.3. The van der Waals surface area contributed by atoms with Crippen molar-refractivity contribution in [1.82, 2.24) is 10.0 Å². The number of halogens is 2. The van der Waals surface area contributed by atoms with E-state index < -0.39 is 41.9 Å².